The van der Waals surface area contributed by atoms with Gasteiger partial charge in [-0.1, -0.05) is 66.2 Å². The largest absolute Gasteiger partial charge is 0.507 e. The van der Waals surface area contributed by atoms with Crippen LogP contribution in [0.5, 0.6) is 5.75 Å². The van der Waals surface area contributed by atoms with Crippen LogP contribution >= 0.6 is 0 Å². The second-order valence-electron chi connectivity index (χ2n) is 5.29. The highest BCUT2D eigenvalue weighted by atomic mass is 16.3. The monoisotopic (exact) mass is 288 g/mol. The standard InChI is InChI=1S/C20H16O2/c1-14-6-8-15(9-7-14)10-12-18(21)20-17-5-3-2-4-16(17)11-13-19(20)22/h2-13,22H,1H3/b12-10+. The number of aryl methyl sites for hydroxylation is 1. The Balaban J connectivity index is 1.98. The third kappa shape index (κ3) is 2.77. The van der Waals surface area contributed by atoms with Gasteiger partial charge < -0.3 is 5.11 Å². The molecule has 2 nitrogen and oxygen atoms in total. The average molecular weight is 288 g/mol. The molecule has 0 bridgehead atoms. The van der Waals surface area contributed by atoms with Crippen LogP contribution in [0.1, 0.15) is 21.5 Å². The summed E-state index contributed by atoms with van der Waals surface area (Å²) in [5.74, 6) is -0.188. The van der Waals surface area contributed by atoms with Crippen molar-refractivity contribution in [3.8, 4) is 5.75 Å². The first kappa shape index (κ1) is 14.1. The van der Waals surface area contributed by atoms with Gasteiger partial charge in [0.2, 0.25) is 0 Å². The SMILES string of the molecule is Cc1ccc(/C=C/C(=O)c2c(O)ccc3ccccc23)cc1. The van der Waals surface area contributed by atoms with Crippen LogP contribution in [0.3, 0.4) is 0 Å². The molecule has 3 rings (SSSR count). The Morgan fingerprint density at radius 1 is 0.955 bits per heavy atom. The molecular weight excluding hydrogens is 272 g/mol. The van der Waals surface area contributed by atoms with Gasteiger partial charge in [0.15, 0.2) is 5.78 Å². The van der Waals surface area contributed by atoms with Crippen molar-refractivity contribution in [3.63, 3.8) is 0 Å². The molecule has 108 valence electrons. The normalized spacial score (nSPS) is 11.1. The quantitative estimate of drug-likeness (QED) is 0.558. The van der Waals surface area contributed by atoms with Crippen molar-refractivity contribution in [2.24, 2.45) is 0 Å². The second kappa shape index (κ2) is 5.86. The Morgan fingerprint density at radius 3 is 2.45 bits per heavy atom. The number of rotatable bonds is 3. The molecule has 0 atom stereocenters. The number of benzene rings is 3. The number of fused-ring (bicyclic) bond motifs is 1. The van der Waals surface area contributed by atoms with Crippen molar-refractivity contribution in [2.45, 2.75) is 6.92 Å². The molecule has 22 heavy (non-hydrogen) atoms. The summed E-state index contributed by atoms with van der Waals surface area (Å²) in [6.07, 6.45) is 3.27. The highest BCUT2D eigenvalue weighted by Gasteiger charge is 2.12. The van der Waals surface area contributed by atoms with Gasteiger partial charge in [0.05, 0.1) is 5.56 Å². The van der Waals surface area contributed by atoms with Crippen LogP contribution in [0.4, 0.5) is 0 Å². The van der Waals surface area contributed by atoms with E-state index in [9.17, 15) is 9.90 Å². The molecule has 3 aromatic rings. The third-order valence-electron chi connectivity index (χ3n) is 3.66. The smallest absolute Gasteiger partial charge is 0.190 e. The van der Waals surface area contributed by atoms with E-state index >= 15 is 0 Å². The molecule has 0 radical (unpaired) electrons. The lowest BCUT2D eigenvalue weighted by Crippen LogP contribution is -1.96. The fourth-order valence-electron chi connectivity index (χ4n) is 2.45. The summed E-state index contributed by atoms with van der Waals surface area (Å²) in [6, 6.07) is 18.8. The molecule has 3 aromatic carbocycles. The highest BCUT2D eigenvalue weighted by Crippen LogP contribution is 2.27. The Kier molecular flexibility index (Phi) is 3.75. The summed E-state index contributed by atoms with van der Waals surface area (Å²) in [7, 11) is 0. The van der Waals surface area contributed by atoms with Gasteiger partial charge in [0.25, 0.3) is 0 Å². The summed E-state index contributed by atoms with van der Waals surface area (Å²) in [5, 5.41) is 11.8. The second-order valence-corrected chi connectivity index (χ2v) is 5.29. The summed E-state index contributed by atoms with van der Waals surface area (Å²) in [4.78, 5) is 12.5. The lowest BCUT2D eigenvalue weighted by molar-refractivity contribution is 0.104. The van der Waals surface area contributed by atoms with E-state index in [1.165, 1.54) is 11.6 Å². The van der Waals surface area contributed by atoms with Crippen molar-refractivity contribution in [1.29, 1.82) is 0 Å². The maximum absolute atomic E-state index is 12.5. The number of hydrogen-bond acceptors (Lipinski definition) is 2. The highest BCUT2D eigenvalue weighted by molar-refractivity contribution is 6.16. The van der Waals surface area contributed by atoms with E-state index in [2.05, 4.69) is 0 Å². The van der Waals surface area contributed by atoms with Crippen LogP contribution in [-0.4, -0.2) is 10.9 Å². The minimum Gasteiger partial charge on any atom is -0.507 e. The summed E-state index contributed by atoms with van der Waals surface area (Å²) in [6.45, 7) is 2.02. The summed E-state index contributed by atoms with van der Waals surface area (Å²) in [5.41, 5.74) is 2.48. The number of carbonyl (C=O) groups is 1. The predicted octanol–water partition coefficient (Wildman–Crippen LogP) is 4.75. The number of phenols is 1. The number of ketones is 1. The molecule has 0 saturated carbocycles. The lowest BCUT2D eigenvalue weighted by Gasteiger charge is -2.06. The average Bonchev–Trinajstić information content (AvgIpc) is 2.54. The van der Waals surface area contributed by atoms with Gasteiger partial charge >= 0.3 is 0 Å². The van der Waals surface area contributed by atoms with Crippen LogP contribution in [0.25, 0.3) is 16.8 Å². The lowest BCUT2D eigenvalue weighted by atomic mass is 9.99. The van der Waals surface area contributed by atoms with Gasteiger partial charge in [-0.05, 0) is 35.4 Å². The van der Waals surface area contributed by atoms with Gasteiger partial charge in [-0.25, -0.2) is 0 Å². The van der Waals surface area contributed by atoms with E-state index < -0.39 is 0 Å². The van der Waals surface area contributed by atoms with E-state index in [-0.39, 0.29) is 11.5 Å². The van der Waals surface area contributed by atoms with Crippen molar-refractivity contribution in [1.82, 2.24) is 0 Å². The van der Waals surface area contributed by atoms with Crippen LogP contribution in [0, 0.1) is 6.92 Å². The zero-order valence-electron chi connectivity index (χ0n) is 12.3. The molecule has 0 unspecified atom stereocenters. The summed E-state index contributed by atoms with van der Waals surface area (Å²) < 4.78 is 0. The number of allylic oxidation sites excluding steroid dienone is 1. The van der Waals surface area contributed by atoms with Gasteiger partial charge in [0.1, 0.15) is 5.75 Å². The predicted molar refractivity (Wildman–Crippen MR) is 90.2 cm³/mol. The van der Waals surface area contributed by atoms with Crippen molar-refractivity contribution < 1.29 is 9.90 Å². The first-order chi connectivity index (χ1) is 10.6. The van der Waals surface area contributed by atoms with Crippen molar-refractivity contribution in [2.75, 3.05) is 0 Å². The Hall–Kier alpha value is -2.87. The molecule has 0 saturated heterocycles. The Morgan fingerprint density at radius 2 is 1.68 bits per heavy atom. The van der Waals surface area contributed by atoms with E-state index in [0.717, 1.165) is 16.3 Å². The molecule has 0 aliphatic heterocycles. The minimum atomic E-state index is -0.199. The van der Waals surface area contributed by atoms with E-state index in [1.54, 1.807) is 12.1 Å². The first-order valence-corrected chi connectivity index (χ1v) is 7.15. The molecule has 0 aromatic heterocycles. The Bertz CT molecular complexity index is 859. The van der Waals surface area contributed by atoms with Crippen molar-refractivity contribution >= 4 is 22.6 Å². The number of carbonyl (C=O) groups excluding carboxylic acids is 1. The van der Waals surface area contributed by atoms with Gasteiger partial charge in [-0.15, -0.1) is 0 Å². The van der Waals surface area contributed by atoms with Gasteiger partial charge in [0, 0.05) is 0 Å². The van der Waals surface area contributed by atoms with Gasteiger partial charge in [-0.2, -0.15) is 0 Å². The van der Waals surface area contributed by atoms with Crippen LogP contribution in [0.15, 0.2) is 66.7 Å². The molecular formula is C20H16O2. The summed E-state index contributed by atoms with van der Waals surface area (Å²) >= 11 is 0. The van der Waals surface area contributed by atoms with Gasteiger partial charge in [-0.3, -0.25) is 4.79 Å². The number of aromatic hydroxyl groups is 1. The number of hydrogen-bond donors (Lipinski definition) is 1. The van der Waals surface area contributed by atoms with Crippen LogP contribution in [-0.2, 0) is 0 Å². The third-order valence-corrected chi connectivity index (χ3v) is 3.66. The Labute approximate surface area is 129 Å². The molecule has 1 N–H and O–H groups in total. The number of phenolic OH excluding ortho intramolecular Hbond substituents is 1. The van der Waals surface area contributed by atoms with Crippen LogP contribution in [0.2, 0.25) is 0 Å². The maximum Gasteiger partial charge on any atom is 0.190 e. The fourth-order valence-corrected chi connectivity index (χ4v) is 2.45. The molecule has 0 aliphatic carbocycles. The molecule has 0 spiro atoms. The van der Waals surface area contributed by atoms with E-state index in [1.807, 2.05) is 61.5 Å². The van der Waals surface area contributed by atoms with Crippen molar-refractivity contribution in [3.05, 3.63) is 83.4 Å². The molecule has 0 aliphatic rings. The molecule has 2 heteroatoms. The fraction of sp³-hybridized carbons (Fsp3) is 0.0500. The zero-order chi connectivity index (χ0) is 15.5. The van der Waals surface area contributed by atoms with E-state index in [0.29, 0.717) is 5.56 Å². The molecule has 0 amide bonds. The topological polar surface area (TPSA) is 37.3 Å². The van der Waals surface area contributed by atoms with E-state index in [4.69, 9.17) is 0 Å². The maximum atomic E-state index is 12.5. The first-order valence-electron chi connectivity index (χ1n) is 7.15. The molecule has 0 fully saturated rings. The zero-order valence-corrected chi connectivity index (χ0v) is 12.3. The minimum absolute atomic E-state index is 0.0113. The van der Waals surface area contributed by atoms with Crippen LogP contribution < -0.4 is 0 Å². The molecule has 0 heterocycles.